The minimum absolute atomic E-state index is 0.404. The van der Waals surface area contributed by atoms with Crippen molar-refractivity contribution in [3.8, 4) is 6.07 Å². The molecule has 3 nitrogen and oxygen atoms in total. The molecule has 0 heterocycles. The highest BCUT2D eigenvalue weighted by Gasteiger charge is 1.95. The zero-order valence-corrected chi connectivity index (χ0v) is 5.70. The molecule has 1 aromatic carbocycles. The van der Waals surface area contributed by atoms with E-state index in [1.165, 1.54) is 18.2 Å². The minimum Gasteiger partial charge on any atom is -0.400 e. The van der Waals surface area contributed by atoms with Crippen LogP contribution in [-0.2, 0) is 0 Å². The van der Waals surface area contributed by atoms with Crippen LogP contribution in [0.25, 0.3) is 4.85 Å². The van der Waals surface area contributed by atoms with E-state index < -0.39 is 0 Å². The number of nitrogens with zero attached hydrogens (tertiary/aromatic N) is 2. The first kappa shape index (κ1) is 7.11. The highest BCUT2D eigenvalue weighted by Crippen LogP contribution is 2.18. The number of hydrogen-bond donors (Lipinski definition) is 1. The normalized spacial score (nSPS) is 8.18. The van der Waals surface area contributed by atoms with Gasteiger partial charge in [-0.15, -0.1) is 0 Å². The van der Waals surface area contributed by atoms with Gasteiger partial charge in [-0.05, 0) is 18.2 Å². The number of anilines is 1. The lowest BCUT2D eigenvalue weighted by atomic mass is 10.2. The zero-order valence-electron chi connectivity index (χ0n) is 5.70. The molecule has 0 aliphatic rings. The Kier molecular flexibility index (Phi) is 1.76. The van der Waals surface area contributed by atoms with Gasteiger partial charge in [0.15, 0.2) is 5.69 Å². The van der Waals surface area contributed by atoms with Gasteiger partial charge in [-0.3, -0.25) is 0 Å². The lowest BCUT2D eigenvalue weighted by molar-refractivity contribution is 1.49. The molecule has 52 valence electrons. The first-order chi connectivity index (χ1) is 5.26. The van der Waals surface area contributed by atoms with Crippen LogP contribution in [0.4, 0.5) is 11.4 Å². The summed E-state index contributed by atoms with van der Waals surface area (Å²) < 4.78 is 0. The SMILES string of the molecule is [C-]#[N+]c1cc(N)cc(C#N)c1. The third kappa shape index (κ3) is 1.47. The van der Waals surface area contributed by atoms with E-state index >= 15 is 0 Å². The van der Waals surface area contributed by atoms with Gasteiger partial charge in [-0.1, -0.05) is 0 Å². The maximum Gasteiger partial charge on any atom is 0.190 e. The molecule has 0 bridgehead atoms. The fourth-order valence-electron chi connectivity index (χ4n) is 0.764. The van der Waals surface area contributed by atoms with E-state index in [0.29, 0.717) is 16.9 Å². The monoisotopic (exact) mass is 143 g/mol. The van der Waals surface area contributed by atoms with Gasteiger partial charge in [-0.25, -0.2) is 4.85 Å². The number of rotatable bonds is 0. The van der Waals surface area contributed by atoms with Crippen molar-refractivity contribution >= 4 is 11.4 Å². The van der Waals surface area contributed by atoms with E-state index in [0.717, 1.165) is 0 Å². The Morgan fingerprint density at radius 1 is 1.45 bits per heavy atom. The average molecular weight is 143 g/mol. The Morgan fingerprint density at radius 2 is 2.18 bits per heavy atom. The Bertz CT molecular complexity index is 322. The summed E-state index contributed by atoms with van der Waals surface area (Å²) in [4.78, 5) is 3.16. The Labute approximate surface area is 64.5 Å². The van der Waals surface area contributed by atoms with Crippen LogP contribution in [0, 0.1) is 17.9 Å². The summed E-state index contributed by atoms with van der Waals surface area (Å²) in [5.41, 5.74) is 6.70. The minimum atomic E-state index is 0.404. The second-order valence-corrected chi connectivity index (χ2v) is 2.04. The summed E-state index contributed by atoms with van der Waals surface area (Å²) in [6.07, 6.45) is 0. The zero-order chi connectivity index (χ0) is 8.27. The Balaban J connectivity index is 3.28. The molecule has 0 spiro atoms. The molecule has 0 aliphatic carbocycles. The molecule has 0 aromatic heterocycles. The predicted molar refractivity (Wildman–Crippen MR) is 41.8 cm³/mol. The second kappa shape index (κ2) is 2.72. The van der Waals surface area contributed by atoms with Crippen molar-refractivity contribution in [1.29, 1.82) is 5.26 Å². The molecule has 1 rings (SSSR count). The summed E-state index contributed by atoms with van der Waals surface area (Å²) >= 11 is 0. The number of nitrogens with two attached hydrogens (primary N) is 1. The molecule has 0 saturated heterocycles. The van der Waals surface area contributed by atoms with Crippen molar-refractivity contribution < 1.29 is 0 Å². The molecule has 0 unspecified atom stereocenters. The van der Waals surface area contributed by atoms with Crippen LogP contribution in [-0.4, -0.2) is 0 Å². The summed E-state index contributed by atoms with van der Waals surface area (Å²) in [5, 5.41) is 8.47. The molecule has 0 aliphatic heterocycles. The van der Waals surface area contributed by atoms with Crippen molar-refractivity contribution in [3.63, 3.8) is 0 Å². The topological polar surface area (TPSA) is 54.2 Å². The van der Waals surface area contributed by atoms with E-state index in [4.69, 9.17) is 17.6 Å². The van der Waals surface area contributed by atoms with Crippen molar-refractivity contribution in [1.82, 2.24) is 0 Å². The molecule has 11 heavy (non-hydrogen) atoms. The quantitative estimate of drug-likeness (QED) is 0.443. The predicted octanol–water partition coefficient (Wildman–Crippen LogP) is 1.69. The van der Waals surface area contributed by atoms with E-state index in [1.54, 1.807) is 0 Å². The molecule has 0 amide bonds. The Hall–Kier alpha value is -2.00. The van der Waals surface area contributed by atoms with Gasteiger partial charge < -0.3 is 5.73 Å². The summed E-state index contributed by atoms with van der Waals surface area (Å²) in [7, 11) is 0. The van der Waals surface area contributed by atoms with Gasteiger partial charge in [0.25, 0.3) is 0 Å². The summed E-state index contributed by atoms with van der Waals surface area (Å²) in [6, 6.07) is 6.49. The average Bonchev–Trinajstić information content (AvgIpc) is 2.03. The first-order valence-corrected chi connectivity index (χ1v) is 2.94. The van der Waals surface area contributed by atoms with Crippen molar-refractivity contribution in [2.75, 3.05) is 5.73 Å². The molecular formula is C8H5N3. The van der Waals surface area contributed by atoms with Crippen molar-refractivity contribution in [2.45, 2.75) is 0 Å². The molecule has 0 fully saturated rings. The second-order valence-electron chi connectivity index (χ2n) is 2.04. The molecular weight excluding hydrogens is 138 g/mol. The van der Waals surface area contributed by atoms with E-state index in [-0.39, 0.29) is 0 Å². The lowest BCUT2D eigenvalue weighted by Crippen LogP contribution is -1.84. The Morgan fingerprint density at radius 3 is 2.73 bits per heavy atom. The number of hydrogen-bond acceptors (Lipinski definition) is 2. The number of benzene rings is 1. The van der Waals surface area contributed by atoms with Crippen molar-refractivity contribution in [3.05, 3.63) is 35.2 Å². The van der Waals surface area contributed by atoms with Crippen LogP contribution in [0.2, 0.25) is 0 Å². The van der Waals surface area contributed by atoms with Crippen molar-refractivity contribution in [2.24, 2.45) is 0 Å². The van der Waals surface area contributed by atoms with Gasteiger partial charge in [0.2, 0.25) is 0 Å². The van der Waals surface area contributed by atoms with Crippen LogP contribution >= 0.6 is 0 Å². The molecule has 0 atom stereocenters. The van der Waals surface area contributed by atoms with Crippen LogP contribution in [0.1, 0.15) is 5.56 Å². The summed E-state index contributed by atoms with van der Waals surface area (Å²) in [6.45, 7) is 6.67. The molecule has 1 aromatic rings. The van der Waals surface area contributed by atoms with Crippen LogP contribution in [0.15, 0.2) is 18.2 Å². The van der Waals surface area contributed by atoms with E-state index in [9.17, 15) is 0 Å². The molecule has 0 radical (unpaired) electrons. The van der Waals surface area contributed by atoms with Gasteiger partial charge in [-0.2, -0.15) is 5.26 Å². The van der Waals surface area contributed by atoms with Crippen LogP contribution in [0.5, 0.6) is 0 Å². The first-order valence-electron chi connectivity index (χ1n) is 2.94. The highest BCUT2D eigenvalue weighted by atomic mass is 14.7. The number of nitriles is 1. The third-order valence-electron chi connectivity index (χ3n) is 1.20. The maximum atomic E-state index is 8.47. The van der Waals surface area contributed by atoms with Gasteiger partial charge in [0, 0.05) is 11.3 Å². The maximum absolute atomic E-state index is 8.47. The highest BCUT2D eigenvalue weighted by molar-refractivity contribution is 5.59. The van der Waals surface area contributed by atoms with Gasteiger partial charge in [0.05, 0.1) is 12.6 Å². The van der Waals surface area contributed by atoms with Crippen LogP contribution < -0.4 is 5.73 Å². The molecule has 2 N–H and O–H groups in total. The summed E-state index contributed by atoms with van der Waals surface area (Å²) in [5.74, 6) is 0. The lowest BCUT2D eigenvalue weighted by Gasteiger charge is -1.93. The van der Waals surface area contributed by atoms with Gasteiger partial charge in [0.1, 0.15) is 0 Å². The van der Waals surface area contributed by atoms with E-state index in [2.05, 4.69) is 4.85 Å². The van der Waals surface area contributed by atoms with E-state index in [1.807, 2.05) is 6.07 Å². The fraction of sp³-hybridized carbons (Fsp3) is 0. The standard InChI is InChI=1S/C8H5N3/c1-11-8-3-6(5-9)2-7(10)4-8/h2-4H,10H2. The van der Waals surface area contributed by atoms with Gasteiger partial charge >= 0.3 is 0 Å². The molecule has 3 heteroatoms. The van der Waals surface area contributed by atoms with Crippen LogP contribution in [0.3, 0.4) is 0 Å². The number of nitrogen functional groups attached to an aromatic ring is 1. The fourth-order valence-corrected chi connectivity index (χ4v) is 0.764. The molecule has 0 saturated carbocycles. The smallest absolute Gasteiger partial charge is 0.190 e. The third-order valence-corrected chi connectivity index (χ3v) is 1.20. The largest absolute Gasteiger partial charge is 0.400 e.